The minimum atomic E-state index is -0.00360. The number of carbonyl (C=O) groups is 1. The van der Waals surface area contributed by atoms with E-state index in [1.165, 1.54) is 12.1 Å². The van der Waals surface area contributed by atoms with E-state index >= 15 is 0 Å². The maximum absolute atomic E-state index is 12.2. The van der Waals surface area contributed by atoms with Gasteiger partial charge in [0.2, 0.25) is 0 Å². The molecule has 1 aromatic rings. The first-order valence-corrected chi connectivity index (χ1v) is 9.31. The summed E-state index contributed by atoms with van der Waals surface area (Å²) in [5.74, 6) is 0.537. The van der Waals surface area contributed by atoms with Gasteiger partial charge in [-0.15, -0.1) is 0 Å². The summed E-state index contributed by atoms with van der Waals surface area (Å²) in [6.45, 7) is 8.25. The van der Waals surface area contributed by atoms with Crippen LogP contribution in [-0.4, -0.2) is 56.2 Å². The molecule has 0 aliphatic carbocycles. The topological polar surface area (TPSA) is 47.6 Å². The molecule has 2 N–H and O–H groups in total. The molecule has 2 fully saturated rings. The predicted octanol–water partition coefficient (Wildman–Crippen LogP) is 2.30. The lowest BCUT2D eigenvalue weighted by Crippen LogP contribution is -2.51. The van der Waals surface area contributed by atoms with Gasteiger partial charge in [0.25, 0.3) is 0 Å². The third-order valence-electron chi connectivity index (χ3n) is 5.25. The van der Waals surface area contributed by atoms with Crippen LogP contribution in [0.1, 0.15) is 26.2 Å². The van der Waals surface area contributed by atoms with Crippen LogP contribution >= 0.6 is 0 Å². The highest BCUT2D eigenvalue weighted by molar-refractivity contribution is 5.74. The Bertz CT molecular complexity index is 521. The monoisotopic (exact) mass is 330 g/mol. The van der Waals surface area contributed by atoms with Gasteiger partial charge in [0.05, 0.1) is 0 Å². The van der Waals surface area contributed by atoms with E-state index in [0.29, 0.717) is 12.0 Å². The van der Waals surface area contributed by atoms with E-state index in [1.807, 2.05) is 6.07 Å². The molecule has 0 saturated carbocycles. The quantitative estimate of drug-likeness (QED) is 0.871. The van der Waals surface area contributed by atoms with Gasteiger partial charge >= 0.3 is 6.03 Å². The summed E-state index contributed by atoms with van der Waals surface area (Å²) in [6, 6.07) is 10.8. The first-order valence-electron chi connectivity index (χ1n) is 9.31. The lowest BCUT2D eigenvalue weighted by Gasteiger charge is -2.32. The number of hydrogen-bond donors (Lipinski definition) is 2. The summed E-state index contributed by atoms with van der Waals surface area (Å²) in [6.07, 6.45) is 3.41. The molecule has 5 heteroatoms. The zero-order valence-electron chi connectivity index (χ0n) is 14.7. The number of rotatable bonds is 5. The van der Waals surface area contributed by atoms with Crippen molar-refractivity contribution in [3.63, 3.8) is 0 Å². The van der Waals surface area contributed by atoms with Crippen molar-refractivity contribution in [1.82, 2.24) is 15.5 Å². The van der Waals surface area contributed by atoms with Crippen LogP contribution in [0.15, 0.2) is 30.3 Å². The van der Waals surface area contributed by atoms with Crippen molar-refractivity contribution in [1.29, 1.82) is 0 Å². The summed E-state index contributed by atoms with van der Waals surface area (Å²) in [5.41, 5.74) is 1.28. The average Bonchev–Trinajstić information content (AvgIpc) is 3.10. The molecule has 0 radical (unpaired) electrons. The van der Waals surface area contributed by atoms with Gasteiger partial charge in [0, 0.05) is 37.9 Å². The highest BCUT2D eigenvalue weighted by atomic mass is 16.2. The van der Waals surface area contributed by atoms with Gasteiger partial charge in [-0.25, -0.2) is 4.79 Å². The van der Waals surface area contributed by atoms with Crippen LogP contribution in [0.4, 0.5) is 10.5 Å². The number of nitrogens with zero attached hydrogens (tertiary/aromatic N) is 2. The Kier molecular flexibility index (Phi) is 5.96. The first-order chi connectivity index (χ1) is 11.7. The van der Waals surface area contributed by atoms with Gasteiger partial charge in [-0.05, 0) is 50.4 Å². The third kappa shape index (κ3) is 4.63. The first kappa shape index (κ1) is 17.1. The Labute approximate surface area is 145 Å². The molecule has 2 heterocycles. The van der Waals surface area contributed by atoms with E-state index in [0.717, 1.165) is 52.1 Å². The van der Waals surface area contributed by atoms with Crippen molar-refractivity contribution in [2.24, 2.45) is 5.92 Å². The van der Waals surface area contributed by atoms with Crippen LogP contribution in [-0.2, 0) is 0 Å². The SMILES string of the molecule is CCN1CCC[C@H](NC(=O)NC[C@H]2CCN(c3ccccc3)C2)C1. The van der Waals surface area contributed by atoms with Gasteiger partial charge in [-0.2, -0.15) is 0 Å². The molecule has 0 aromatic heterocycles. The Morgan fingerprint density at radius 3 is 2.79 bits per heavy atom. The number of amides is 2. The average molecular weight is 330 g/mol. The van der Waals surface area contributed by atoms with Gasteiger partial charge in [-0.3, -0.25) is 0 Å². The van der Waals surface area contributed by atoms with E-state index in [1.54, 1.807) is 0 Å². The summed E-state index contributed by atoms with van der Waals surface area (Å²) >= 11 is 0. The molecule has 2 saturated heterocycles. The smallest absolute Gasteiger partial charge is 0.315 e. The van der Waals surface area contributed by atoms with Crippen LogP contribution in [0.5, 0.6) is 0 Å². The fourth-order valence-electron chi connectivity index (χ4n) is 3.81. The number of benzene rings is 1. The van der Waals surface area contributed by atoms with E-state index in [9.17, 15) is 4.79 Å². The number of urea groups is 1. The Morgan fingerprint density at radius 2 is 2.00 bits per heavy atom. The maximum atomic E-state index is 12.2. The van der Waals surface area contributed by atoms with Crippen molar-refractivity contribution in [3.8, 4) is 0 Å². The van der Waals surface area contributed by atoms with Crippen LogP contribution in [0.3, 0.4) is 0 Å². The standard InChI is InChI=1S/C19H30N4O/c1-2-22-11-6-7-17(15-22)21-19(24)20-13-16-10-12-23(14-16)18-8-4-3-5-9-18/h3-5,8-9,16-17H,2,6-7,10-15H2,1H3,(H2,20,21,24)/t16-,17+/m1/s1. The number of carbonyl (C=O) groups excluding carboxylic acids is 1. The molecule has 2 aliphatic rings. The fraction of sp³-hybridized carbons (Fsp3) is 0.632. The van der Waals surface area contributed by atoms with Crippen molar-refractivity contribution < 1.29 is 4.79 Å². The molecule has 3 rings (SSSR count). The number of likely N-dealkylation sites (N-methyl/N-ethyl adjacent to an activating group) is 1. The maximum Gasteiger partial charge on any atom is 0.315 e. The minimum absolute atomic E-state index is 0.00360. The number of para-hydroxylation sites is 1. The molecule has 2 atom stereocenters. The van der Waals surface area contributed by atoms with Gasteiger partial charge in [0.15, 0.2) is 0 Å². The number of hydrogen-bond acceptors (Lipinski definition) is 3. The van der Waals surface area contributed by atoms with E-state index < -0.39 is 0 Å². The molecule has 2 amide bonds. The molecule has 0 spiro atoms. The zero-order chi connectivity index (χ0) is 16.8. The van der Waals surface area contributed by atoms with Crippen molar-refractivity contribution in [2.75, 3.05) is 44.2 Å². The highest BCUT2D eigenvalue weighted by Crippen LogP contribution is 2.22. The van der Waals surface area contributed by atoms with Crippen molar-refractivity contribution in [2.45, 2.75) is 32.2 Å². The van der Waals surface area contributed by atoms with E-state index in [-0.39, 0.29) is 6.03 Å². The summed E-state index contributed by atoms with van der Waals surface area (Å²) in [4.78, 5) is 17.0. The van der Waals surface area contributed by atoms with E-state index in [4.69, 9.17) is 0 Å². The molecule has 5 nitrogen and oxygen atoms in total. The summed E-state index contributed by atoms with van der Waals surface area (Å²) in [7, 11) is 0. The Balaban J connectivity index is 1.38. The Morgan fingerprint density at radius 1 is 1.17 bits per heavy atom. The number of likely N-dealkylation sites (tertiary alicyclic amines) is 1. The van der Waals surface area contributed by atoms with Crippen LogP contribution in [0.2, 0.25) is 0 Å². The van der Waals surface area contributed by atoms with Gasteiger partial charge in [-0.1, -0.05) is 25.1 Å². The lowest BCUT2D eigenvalue weighted by molar-refractivity contribution is 0.192. The second kappa shape index (κ2) is 8.38. The summed E-state index contributed by atoms with van der Waals surface area (Å²) < 4.78 is 0. The number of piperidine rings is 1. The molecular weight excluding hydrogens is 300 g/mol. The number of nitrogens with one attached hydrogen (secondary N) is 2. The molecule has 1 aromatic carbocycles. The predicted molar refractivity (Wildman–Crippen MR) is 98.4 cm³/mol. The normalized spacial score (nSPS) is 24.8. The third-order valence-corrected chi connectivity index (χ3v) is 5.25. The molecule has 0 unspecified atom stereocenters. The zero-order valence-corrected chi connectivity index (χ0v) is 14.7. The van der Waals surface area contributed by atoms with Crippen molar-refractivity contribution in [3.05, 3.63) is 30.3 Å². The van der Waals surface area contributed by atoms with E-state index in [2.05, 4.69) is 51.6 Å². The molecule has 24 heavy (non-hydrogen) atoms. The second-order valence-electron chi connectivity index (χ2n) is 7.02. The van der Waals surface area contributed by atoms with Crippen LogP contribution in [0.25, 0.3) is 0 Å². The molecule has 2 aliphatic heterocycles. The Hall–Kier alpha value is -1.75. The molecule has 0 bridgehead atoms. The minimum Gasteiger partial charge on any atom is -0.371 e. The summed E-state index contributed by atoms with van der Waals surface area (Å²) in [5, 5.41) is 6.23. The largest absolute Gasteiger partial charge is 0.371 e. The van der Waals surface area contributed by atoms with Crippen LogP contribution < -0.4 is 15.5 Å². The molecular formula is C19H30N4O. The van der Waals surface area contributed by atoms with Crippen molar-refractivity contribution >= 4 is 11.7 Å². The number of anilines is 1. The second-order valence-corrected chi connectivity index (χ2v) is 7.02. The van der Waals surface area contributed by atoms with Gasteiger partial charge in [0.1, 0.15) is 0 Å². The molecule has 132 valence electrons. The van der Waals surface area contributed by atoms with Crippen LogP contribution in [0, 0.1) is 5.92 Å². The highest BCUT2D eigenvalue weighted by Gasteiger charge is 2.24. The lowest BCUT2D eigenvalue weighted by atomic mass is 10.1. The van der Waals surface area contributed by atoms with Gasteiger partial charge < -0.3 is 20.4 Å². The fourth-order valence-corrected chi connectivity index (χ4v) is 3.81.